The van der Waals surface area contributed by atoms with Crippen LogP contribution in [0.2, 0.25) is 0 Å². The number of fused-ring (bicyclic) bond motifs is 1. The Bertz CT molecular complexity index is 1090. The van der Waals surface area contributed by atoms with Crippen molar-refractivity contribution in [1.82, 2.24) is 24.5 Å². The molecule has 0 N–H and O–H groups in total. The van der Waals surface area contributed by atoms with Crippen molar-refractivity contribution in [3.05, 3.63) is 42.7 Å². The van der Waals surface area contributed by atoms with Gasteiger partial charge < -0.3 is 19.3 Å². The number of nitrogens with zero attached hydrogens (tertiary/aromatic N) is 6. The molecule has 2 aliphatic heterocycles. The number of hydrogen-bond acceptors (Lipinski definition) is 7. The van der Waals surface area contributed by atoms with Crippen LogP contribution < -0.4 is 4.90 Å². The molecule has 0 unspecified atom stereocenters. The molecule has 2 aliphatic rings. The first kappa shape index (κ1) is 18.7. The number of amides is 1. The van der Waals surface area contributed by atoms with Crippen LogP contribution in [0.25, 0.3) is 16.8 Å². The second kappa shape index (κ2) is 7.21. The van der Waals surface area contributed by atoms with E-state index in [0.717, 1.165) is 5.82 Å². The molecule has 0 bridgehead atoms. The summed E-state index contributed by atoms with van der Waals surface area (Å²) in [7, 11) is 0. The first-order valence-corrected chi connectivity index (χ1v) is 9.78. The Morgan fingerprint density at radius 2 is 2.00 bits per heavy atom. The summed E-state index contributed by atoms with van der Waals surface area (Å²) in [4.78, 5) is 24.6. The Kier molecular flexibility index (Phi) is 4.50. The third-order valence-corrected chi connectivity index (χ3v) is 5.41. The summed E-state index contributed by atoms with van der Waals surface area (Å²) in [5.41, 5.74) is 0.985. The van der Waals surface area contributed by atoms with Crippen LogP contribution in [0, 0.1) is 5.95 Å². The van der Waals surface area contributed by atoms with Crippen LogP contribution in [0.3, 0.4) is 0 Å². The molecule has 5 heterocycles. The first-order chi connectivity index (χ1) is 14.5. The molecule has 156 valence electrons. The fourth-order valence-corrected chi connectivity index (χ4v) is 3.65. The second-order valence-corrected chi connectivity index (χ2v) is 7.74. The van der Waals surface area contributed by atoms with Crippen LogP contribution in [0.4, 0.5) is 15.0 Å². The average Bonchev–Trinajstić information content (AvgIpc) is 3.16. The maximum Gasteiger partial charge on any atom is 0.410 e. The second-order valence-electron chi connectivity index (χ2n) is 7.74. The molecule has 5 rings (SSSR count). The van der Waals surface area contributed by atoms with E-state index in [2.05, 4.69) is 15.0 Å². The standard InChI is InChI=1S/C20H21FN6O3/c1-20(12-29-13-20)30-19(28)26-9-7-25(8-10-26)16-4-6-27-18(24-16)15(11-23-27)14-3-2-5-22-17(14)21/h2-6,11H,7-10,12-13H2,1H3. The molecule has 0 radical (unpaired) electrons. The van der Waals surface area contributed by atoms with Crippen LogP contribution in [-0.2, 0) is 9.47 Å². The molecule has 0 spiro atoms. The number of pyridine rings is 1. The molecule has 3 aromatic heterocycles. The minimum Gasteiger partial charge on any atom is -0.438 e. The van der Waals surface area contributed by atoms with Crippen molar-refractivity contribution >= 4 is 17.6 Å². The van der Waals surface area contributed by atoms with Gasteiger partial charge in [-0.3, -0.25) is 0 Å². The Morgan fingerprint density at radius 1 is 1.20 bits per heavy atom. The zero-order valence-corrected chi connectivity index (χ0v) is 16.5. The zero-order chi connectivity index (χ0) is 20.7. The van der Waals surface area contributed by atoms with E-state index >= 15 is 0 Å². The van der Waals surface area contributed by atoms with Gasteiger partial charge in [0.2, 0.25) is 5.95 Å². The minimum atomic E-state index is -0.558. The van der Waals surface area contributed by atoms with Gasteiger partial charge in [-0.25, -0.2) is 19.3 Å². The number of aromatic nitrogens is 4. The highest BCUT2D eigenvalue weighted by atomic mass is 19.1. The van der Waals surface area contributed by atoms with Gasteiger partial charge >= 0.3 is 6.09 Å². The summed E-state index contributed by atoms with van der Waals surface area (Å²) < 4.78 is 26.5. The van der Waals surface area contributed by atoms with E-state index in [9.17, 15) is 9.18 Å². The molecule has 0 saturated carbocycles. The fraction of sp³-hybridized carbons (Fsp3) is 0.400. The summed E-state index contributed by atoms with van der Waals surface area (Å²) in [5.74, 6) is 0.193. The summed E-state index contributed by atoms with van der Waals surface area (Å²) in [6, 6.07) is 5.20. The number of anilines is 1. The minimum absolute atomic E-state index is 0.311. The van der Waals surface area contributed by atoms with Crippen molar-refractivity contribution in [3.8, 4) is 11.1 Å². The van der Waals surface area contributed by atoms with Crippen molar-refractivity contribution in [2.75, 3.05) is 44.3 Å². The number of ether oxygens (including phenoxy) is 2. The van der Waals surface area contributed by atoms with E-state index in [1.807, 2.05) is 13.0 Å². The van der Waals surface area contributed by atoms with Crippen molar-refractivity contribution in [1.29, 1.82) is 0 Å². The predicted octanol–water partition coefficient (Wildman–Crippen LogP) is 1.98. The molecule has 9 nitrogen and oxygen atoms in total. The molecule has 10 heteroatoms. The quantitative estimate of drug-likeness (QED) is 0.608. The van der Waals surface area contributed by atoms with E-state index < -0.39 is 11.5 Å². The lowest BCUT2D eigenvalue weighted by Crippen LogP contribution is -2.55. The molecular formula is C20H21FN6O3. The SMILES string of the molecule is CC1(OC(=O)N2CCN(c3ccn4ncc(-c5cccnc5F)c4n3)CC2)COC1. The van der Waals surface area contributed by atoms with Gasteiger partial charge in [-0.05, 0) is 25.1 Å². The van der Waals surface area contributed by atoms with E-state index in [1.54, 1.807) is 33.9 Å². The van der Waals surface area contributed by atoms with Gasteiger partial charge in [-0.2, -0.15) is 9.49 Å². The largest absolute Gasteiger partial charge is 0.438 e. The lowest BCUT2D eigenvalue weighted by atomic mass is 10.1. The summed E-state index contributed by atoms with van der Waals surface area (Å²) >= 11 is 0. The van der Waals surface area contributed by atoms with Crippen molar-refractivity contribution in [3.63, 3.8) is 0 Å². The number of hydrogen-bond donors (Lipinski definition) is 0. The third-order valence-electron chi connectivity index (χ3n) is 5.41. The van der Waals surface area contributed by atoms with Crippen molar-refractivity contribution < 1.29 is 18.7 Å². The van der Waals surface area contributed by atoms with E-state index in [0.29, 0.717) is 56.2 Å². The number of carbonyl (C=O) groups excluding carboxylic acids is 1. The van der Waals surface area contributed by atoms with Crippen LogP contribution in [0.5, 0.6) is 0 Å². The lowest BCUT2D eigenvalue weighted by Gasteiger charge is -2.40. The fourth-order valence-electron chi connectivity index (χ4n) is 3.65. The van der Waals surface area contributed by atoms with Crippen LogP contribution in [0.15, 0.2) is 36.8 Å². The number of halogens is 1. The molecule has 0 atom stereocenters. The normalized spacial score (nSPS) is 18.3. The molecule has 0 aliphatic carbocycles. The van der Waals surface area contributed by atoms with E-state index in [4.69, 9.17) is 14.5 Å². The van der Waals surface area contributed by atoms with Gasteiger partial charge in [-0.1, -0.05) is 0 Å². The van der Waals surface area contributed by atoms with E-state index in [1.165, 1.54) is 6.20 Å². The lowest BCUT2D eigenvalue weighted by molar-refractivity contribution is -0.172. The third kappa shape index (κ3) is 3.32. The maximum atomic E-state index is 14.2. The zero-order valence-electron chi connectivity index (χ0n) is 16.5. The van der Waals surface area contributed by atoms with Crippen LogP contribution in [-0.4, -0.2) is 75.6 Å². The topological polar surface area (TPSA) is 85.1 Å². The molecule has 0 aromatic carbocycles. The van der Waals surface area contributed by atoms with Crippen molar-refractivity contribution in [2.45, 2.75) is 12.5 Å². The van der Waals surface area contributed by atoms with E-state index in [-0.39, 0.29) is 6.09 Å². The monoisotopic (exact) mass is 412 g/mol. The molecule has 2 saturated heterocycles. The molecule has 3 aromatic rings. The smallest absolute Gasteiger partial charge is 0.410 e. The Labute approximate surface area is 172 Å². The highest BCUT2D eigenvalue weighted by Crippen LogP contribution is 2.27. The highest BCUT2D eigenvalue weighted by molar-refractivity contribution is 5.77. The Balaban J connectivity index is 1.32. The van der Waals surface area contributed by atoms with Crippen LogP contribution >= 0.6 is 0 Å². The van der Waals surface area contributed by atoms with Gasteiger partial charge in [0, 0.05) is 44.1 Å². The number of piperazine rings is 1. The molecule has 1 amide bonds. The van der Waals surface area contributed by atoms with Gasteiger partial charge in [0.15, 0.2) is 11.2 Å². The highest BCUT2D eigenvalue weighted by Gasteiger charge is 2.39. The predicted molar refractivity (Wildman–Crippen MR) is 106 cm³/mol. The summed E-state index contributed by atoms with van der Waals surface area (Å²) in [6.07, 6.45) is 4.49. The first-order valence-electron chi connectivity index (χ1n) is 9.78. The number of carbonyl (C=O) groups is 1. The molecular weight excluding hydrogens is 391 g/mol. The Morgan fingerprint density at radius 3 is 2.70 bits per heavy atom. The maximum absolute atomic E-state index is 14.2. The van der Waals surface area contributed by atoms with Gasteiger partial charge in [-0.15, -0.1) is 0 Å². The Hall–Kier alpha value is -3.27. The summed E-state index contributed by atoms with van der Waals surface area (Å²) in [6.45, 7) is 5.06. The summed E-state index contributed by atoms with van der Waals surface area (Å²) in [5, 5.41) is 4.27. The van der Waals surface area contributed by atoms with Crippen molar-refractivity contribution in [2.24, 2.45) is 0 Å². The molecule has 30 heavy (non-hydrogen) atoms. The van der Waals surface area contributed by atoms with Gasteiger partial charge in [0.25, 0.3) is 0 Å². The average molecular weight is 412 g/mol. The molecule has 2 fully saturated rings. The van der Waals surface area contributed by atoms with Gasteiger partial charge in [0.05, 0.1) is 25.0 Å². The number of rotatable bonds is 3. The van der Waals surface area contributed by atoms with Gasteiger partial charge in [0.1, 0.15) is 5.82 Å². The van der Waals surface area contributed by atoms with Crippen LogP contribution in [0.1, 0.15) is 6.92 Å².